The second kappa shape index (κ2) is 9.31. The number of carbonyl (C=O) groups is 2. The highest BCUT2D eigenvalue weighted by Gasteiger charge is 2.26. The fourth-order valence-electron chi connectivity index (χ4n) is 4.22. The Bertz CT molecular complexity index is 1600. The molecule has 36 heavy (non-hydrogen) atoms. The van der Waals surface area contributed by atoms with Crippen molar-refractivity contribution in [2.75, 3.05) is 5.32 Å². The van der Waals surface area contributed by atoms with E-state index >= 15 is 0 Å². The van der Waals surface area contributed by atoms with Crippen molar-refractivity contribution in [2.24, 2.45) is 0 Å². The lowest BCUT2D eigenvalue weighted by molar-refractivity contribution is -0.119. The van der Waals surface area contributed by atoms with Gasteiger partial charge in [0.05, 0.1) is 5.56 Å². The topological polar surface area (TPSA) is 139 Å². The van der Waals surface area contributed by atoms with Crippen molar-refractivity contribution < 1.29 is 14.1 Å². The molecule has 0 radical (unpaired) electrons. The summed E-state index contributed by atoms with van der Waals surface area (Å²) in [5.74, 6) is -1.16. The van der Waals surface area contributed by atoms with Gasteiger partial charge >= 0.3 is 5.76 Å². The van der Waals surface area contributed by atoms with Crippen molar-refractivity contribution in [3.8, 4) is 22.5 Å². The van der Waals surface area contributed by atoms with E-state index in [1.54, 1.807) is 43.3 Å². The first-order valence-corrected chi connectivity index (χ1v) is 11.5. The maximum atomic E-state index is 13.2. The summed E-state index contributed by atoms with van der Waals surface area (Å²) in [4.78, 5) is 52.7. The van der Waals surface area contributed by atoms with Gasteiger partial charge in [0, 0.05) is 40.6 Å². The number of pyridine rings is 1. The number of H-pyrrole nitrogens is 1. The number of aromatic nitrogens is 3. The van der Waals surface area contributed by atoms with Gasteiger partial charge in [-0.1, -0.05) is 29.7 Å². The Morgan fingerprint density at radius 2 is 1.89 bits per heavy atom. The molecular formula is C25H20ClN5O5. The first-order valence-electron chi connectivity index (χ1n) is 11.1. The zero-order valence-electron chi connectivity index (χ0n) is 19.0. The lowest BCUT2D eigenvalue weighted by Gasteiger charge is -2.20. The normalized spacial score (nSPS) is 13.2. The number of nitrogens with zero attached hydrogens (tertiary/aromatic N) is 2. The molecule has 1 aliphatic rings. The number of carbonyl (C=O) groups excluding carboxylic acids is 2. The molecule has 0 spiro atoms. The van der Waals surface area contributed by atoms with Crippen LogP contribution in [0.15, 0.2) is 68.8 Å². The summed E-state index contributed by atoms with van der Waals surface area (Å²) in [5, 5.41) is 9.75. The molecule has 3 heterocycles. The first-order chi connectivity index (χ1) is 17.3. The lowest BCUT2D eigenvalue weighted by Crippen LogP contribution is -2.34. The van der Waals surface area contributed by atoms with Crippen LogP contribution >= 0.6 is 11.6 Å². The molecule has 4 aromatic rings. The quantitative estimate of drug-likeness (QED) is 0.380. The molecule has 1 aliphatic heterocycles. The van der Waals surface area contributed by atoms with Crippen LogP contribution in [-0.4, -0.2) is 26.5 Å². The SMILES string of the molecule is CCC(C(=O)Nc1ccc(-c2noc(=O)[nH]2)cc1)n1cc2c(cc1=O)-c1cc(Cl)ccc1CNC2=O. The summed E-state index contributed by atoms with van der Waals surface area (Å²) in [7, 11) is 0. The zero-order valence-corrected chi connectivity index (χ0v) is 19.8. The van der Waals surface area contributed by atoms with E-state index in [0.29, 0.717) is 40.4 Å². The van der Waals surface area contributed by atoms with E-state index in [1.807, 2.05) is 6.07 Å². The molecule has 0 fully saturated rings. The molecule has 10 nitrogen and oxygen atoms in total. The standard InChI is InChI=1S/C25H20ClN5O5/c1-2-20(24(34)28-16-7-4-13(5-8-16)22-29-25(35)36-30-22)31-12-19-18(10-21(31)32)17-9-15(26)6-3-14(17)11-27-23(19)33/h3-10,12,20H,2,11H2,1H3,(H,27,33)(H,28,34)(H,29,30,35). The van der Waals surface area contributed by atoms with E-state index in [9.17, 15) is 19.2 Å². The monoisotopic (exact) mass is 505 g/mol. The average molecular weight is 506 g/mol. The molecule has 1 unspecified atom stereocenters. The number of hydrogen-bond acceptors (Lipinski definition) is 6. The number of aromatic amines is 1. The minimum Gasteiger partial charge on any atom is -0.348 e. The number of nitrogens with one attached hydrogen (secondary N) is 3. The largest absolute Gasteiger partial charge is 0.439 e. The number of hydrogen-bond donors (Lipinski definition) is 3. The first kappa shape index (κ1) is 23.3. The fourth-order valence-corrected chi connectivity index (χ4v) is 4.39. The molecule has 182 valence electrons. The molecule has 0 aliphatic carbocycles. The van der Waals surface area contributed by atoms with Crippen molar-refractivity contribution in [3.05, 3.63) is 91.8 Å². The van der Waals surface area contributed by atoms with Crippen LogP contribution < -0.4 is 21.9 Å². The molecule has 2 aromatic carbocycles. The number of rotatable bonds is 5. The van der Waals surface area contributed by atoms with Crippen LogP contribution in [0.25, 0.3) is 22.5 Å². The molecule has 0 saturated heterocycles. The van der Waals surface area contributed by atoms with Gasteiger partial charge < -0.3 is 15.2 Å². The molecule has 0 bridgehead atoms. The Morgan fingerprint density at radius 1 is 1.11 bits per heavy atom. The molecule has 1 atom stereocenters. The highest BCUT2D eigenvalue weighted by Crippen LogP contribution is 2.32. The van der Waals surface area contributed by atoms with Gasteiger partial charge in [0.25, 0.3) is 11.5 Å². The Labute approximate surface area is 208 Å². The van der Waals surface area contributed by atoms with Crippen molar-refractivity contribution in [3.63, 3.8) is 0 Å². The smallest absolute Gasteiger partial charge is 0.348 e. The highest BCUT2D eigenvalue weighted by molar-refractivity contribution is 6.31. The van der Waals surface area contributed by atoms with Crippen LogP contribution in [0.2, 0.25) is 5.02 Å². The minimum atomic E-state index is -0.857. The maximum Gasteiger partial charge on any atom is 0.439 e. The number of benzene rings is 2. The predicted octanol–water partition coefficient (Wildman–Crippen LogP) is 3.35. The van der Waals surface area contributed by atoms with Crippen molar-refractivity contribution >= 4 is 29.1 Å². The Kier molecular flexibility index (Phi) is 6.03. The second-order valence-electron chi connectivity index (χ2n) is 8.26. The van der Waals surface area contributed by atoms with Crippen LogP contribution in [0.4, 0.5) is 5.69 Å². The van der Waals surface area contributed by atoms with E-state index in [0.717, 1.165) is 5.56 Å². The van der Waals surface area contributed by atoms with E-state index < -0.39 is 23.3 Å². The third kappa shape index (κ3) is 4.34. The zero-order chi connectivity index (χ0) is 25.4. The molecule has 0 saturated carbocycles. The highest BCUT2D eigenvalue weighted by atomic mass is 35.5. The van der Waals surface area contributed by atoms with Crippen molar-refractivity contribution in [1.82, 2.24) is 20.0 Å². The van der Waals surface area contributed by atoms with Crippen molar-refractivity contribution in [1.29, 1.82) is 0 Å². The van der Waals surface area contributed by atoms with Gasteiger partial charge in [-0.3, -0.25) is 23.9 Å². The van der Waals surface area contributed by atoms with E-state index in [2.05, 4.69) is 25.3 Å². The summed E-state index contributed by atoms with van der Waals surface area (Å²) in [6, 6.07) is 12.4. The molecule has 3 N–H and O–H groups in total. The summed E-state index contributed by atoms with van der Waals surface area (Å²) < 4.78 is 5.78. The van der Waals surface area contributed by atoms with Gasteiger partial charge in [0.2, 0.25) is 5.91 Å². The van der Waals surface area contributed by atoms with E-state index in [1.165, 1.54) is 16.8 Å². The van der Waals surface area contributed by atoms with Crippen LogP contribution in [0.1, 0.15) is 35.3 Å². The number of fused-ring (bicyclic) bond motifs is 3. The van der Waals surface area contributed by atoms with E-state index in [4.69, 9.17) is 11.6 Å². The lowest BCUT2D eigenvalue weighted by atomic mass is 9.97. The number of anilines is 1. The van der Waals surface area contributed by atoms with Gasteiger partial charge in [-0.05, 0) is 53.9 Å². The van der Waals surface area contributed by atoms with Crippen molar-refractivity contribution in [2.45, 2.75) is 25.9 Å². The van der Waals surface area contributed by atoms with Crippen LogP contribution in [0, 0.1) is 0 Å². The Hall–Kier alpha value is -4.44. The summed E-state index contributed by atoms with van der Waals surface area (Å²) >= 11 is 6.18. The minimum absolute atomic E-state index is 0.266. The summed E-state index contributed by atoms with van der Waals surface area (Å²) in [6.07, 6.45) is 1.74. The molecule has 2 aromatic heterocycles. The number of amides is 2. The second-order valence-corrected chi connectivity index (χ2v) is 8.70. The fraction of sp³-hybridized carbons (Fsp3) is 0.160. The third-order valence-electron chi connectivity index (χ3n) is 6.02. The van der Waals surface area contributed by atoms with Gasteiger partial charge in [-0.15, -0.1) is 0 Å². The predicted molar refractivity (Wildman–Crippen MR) is 133 cm³/mol. The van der Waals surface area contributed by atoms with Crippen LogP contribution in [-0.2, 0) is 11.3 Å². The molecular weight excluding hydrogens is 486 g/mol. The third-order valence-corrected chi connectivity index (χ3v) is 6.25. The molecule has 11 heteroatoms. The van der Waals surface area contributed by atoms with Crippen LogP contribution in [0.3, 0.4) is 0 Å². The average Bonchev–Trinajstić information content (AvgIpc) is 3.25. The van der Waals surface area contributed by atoms with Gasteiger partial charge in [-0.25, -0.2) is 4.79 Å². The summed E-state index contributed by atoms with van der Waals surface area (Å²) in [6.45, 7) is 2.08. The van der Waals surface area contributed by atoms with Gasteiger partial charge in [0.1, 0.15) is 6.04 Å². The summed E-state index contributed by atoms with van der Waals surface area (Å²) in [5.41, 5.74) is 2.96. The van der Waals surface area contributed by atoms with Crippen LogP contribution in [0.5, 0.6) is 0 Å². The Morgan fingerprint density at radius 3 is 2.58 bits per heavy atom. The van der Waals surface area contributed by atoms with Gasteiger partial charge in [-0.2, -0.15) is 0 Å². The van der Waals surface area contributed by atoms with Gasteiger partial charge in [0.15, 0.2) is 5.82 Å². The molecule has 5 rings (SSSR count). The Balaban J connectivity index is 1.45. The molecule has 2 amide bonds. The van der Waals surface area contributed by atoms with E-state index in [-0.39, 0.29) is 17.3 Å². The maximum absolute atomic E-state index is 13.2. The number of halogens is 1.